The van der Waals surface area contributed by atoms with Gasteiger partial charge in [-0.25, -0.2) is 8.42 Å². The highest BCUT2D eigenvalue weighted by molar-refractivity contribution is 9.11. The van der Waals surface area contributed by atoms with Crippen LogP contribution in [-0.2, 0) is 21.2 Å². The van der Waals surface area contributed by atoms with Gasteiger partial charge in [0.05, 0.1) is 3.79 Å². The third kappa shape index (κ3) is 6.16. The molecule has 0 radical (unpaired) electrons. The van der Waals surface area contributed by atoms with E-state index in [4.69, 9.17) is 11.6 Å². The van der Waals surface area contributed by atoms with E-state index in [9.17, 15) is 13.2 Å². The number of carbonyl (C=O) groups excluding carboxylic acids is 1. The molecular weight excluding hydrogens is 546 g/mol. The lowest BCUT2D eigenvalue weighted by atomic mass is 10.1. The monoisotopic (exact) mass is 567 g/mol. The number of hydrogen-bond acceptors (Lipinski definition) is 5. The second-order valence-electron chi connectivity index (χ2n) is 7.71. The molecule has 0 aliphatic carbocycles. The summed E-state index contributed by atoms with van der Waals surface area (Å²) in [6.07, 6.45) is 0.278. The minimum Gasteiger partial charge on any atom is -0.368 e. The Hall–Kier alpha value is -1.91. The maximum absolute atomic E-state index is 13.5. The highest BCUT2D eigenvalue weighted by atomic mass is 79.9. The lowest BCUT2D eigenvalue weighted by molar-refractivity contribution is -0.133. The van der Waals surface area contributed by atoms with Crippen molar-refractivity contribution >= 4 is 60.5 Å². The van der Waals surface area contributed by atoms with Gasteiger partial charge in [0, 0.05) is 36.9 Å². The fraction of sp³-hybridized carbons (Fsp3) is 0.261. The van der Waals surface area contributed by atoms with Crippen molar-refractivity contribution in [1.82, 2.24) is 9.62 Å². The standard InChI is InChI=1S/C23H23BrClN3O3S2/c24-21-9-10-22(32-21)33(30,31)26-20(15-17-5-2-1-3-6-17)23(29)28-13-11-27(12-14-28)19-8-4-7-18(25)16-19/h1-10,16,20,26H,11-15H2/t20-/m0/s1. The molecule has 3 aromatic rings. The van der Waals surface area contributed by atoms with E-state index in [-0.39, 0.29) is 16.5 Å². The molecule has 2 aromatic carbocycles. The molecule has 1 aliphatic rings. The van der Waals surface area contributed by atoms with Gasteiger partial charge in [0.1, 0.15) is 10.3 Å². The molecule has 33 heavy (non-hydrogen) atoms. The molecule has 4 rings (SSSR count). The Labute approximate surface area is 211 Å². The second-order valence-corrected chi connectivity index (χ2v) is 12.6. The van der Waals surface area contributed by atoms with E-state index >= 15 is 0 Å². The first kappa shape index (κ1) is 24.2. The van der Waals surface area contributed by atoms with E-state index < -0.39 is 16.1 Å². The van der Waals surface area contributed by atoms with Crippen molar-refractivity contribution in [3.63, 3.8) is 0 Å². The fourth-order valence-electron chi connectivity index (χ4n) is 3.79. The number of piperazine rings is 1. The Morgan fingerprint density at radius 1 is 1.03 bits per heavy atom. The van der Waals surface area contributed by atoms with Crippen molar-refractivity contribution in [3.8, 4) is 0 Å². The van der Waals surface area contributed by atoms with Gasteiger partial charge in [-0.1, -0.05) is 48.0 Å². The molecule has 0 saturated carbocycles. The highest BCUT2D eigenvalue weighted by Crippen LogP contribution is 2.26. The molecule has 1 fully saturated rings. The van der Waals surface area contributed by atoms with Crippen molar-refractivity contribution in [2.24, 2.45) is 0 Å². The molecule has 174 valence electrons. The van der Waals surface area contributed by atoms with Crippen LogP contribution in [0.2, 0.25) is 5.02 Å². The number of nitrogens with zero attached hydrogens (tertiary/aromatic N) is 2. The summed E-state index contributed by atoms with van der Waals surface area (Å²) in [6, 6.07) is 19.4. The van der Waals surface area contributed by atoms with Crippen LogP contribution in [-0.4, -0.2) is 51.4 Å². The van der Waals surface area contributed by atoms with Crippen LogP contribution in [0.1, 0.15) is 5.56 Å². The first-order valence-electron chi connectivity index (χ1n) is 10.4. The summed E-state index contributed by atoms with van der Waals surface area (Å²) in [5.74, 6) is -0.219. The predicted octanol–water partition coefficient (Wildman–Crippen LogP) is 4.40. The van der Waals surface area contributed by atoms with E-state index in [0.29, 0.717) is 35.0 Å². The van der Waals surface area contributed by atoms with Crippen molar-refractivity contribution in [2.75, 3.05) is 31.1 Å². The summed E-state index contributed by atoms with van der Waals surface area (Å²) in [6.45, 7) is 2.30. The van der Waals surface area contributed by atoms with Gasteiger partial charge in [0.25, 0.3) is 10.0 Å². The van der Waals surface area contributed by atoms with Gasteiger partial charge in [-0.2, -0.15) is 4.72 Å². The summed E-state index contributed by atoms with van der Waals surface area (Å²) in [5.41, 5.74) is 1.91. The number of thiophene rings is 1. The van der Waals surface area contributed by atoms with Gasteiger partial charge in [0.2, 0.25) is 5.91 Å². The van der Waals surface area contributed by atoms with Crippen LogP contribution >= 0.6 is 38.9 Å². The number of carbonyl (C=O) groups is 1. The molecule has 0 spiro atoms. The molecule has 1 N–H and O–H groups in total. The van der Waals surface area contributed by atoms with Gasteiger partial charge < -0.3 is 9.80 Å². The summed E-state index contributed by atoms with van der Waals surface area (Å²) in [7, 11) is -3.84. The topological polar surface area (TPSA) is 69.7 Å². The number of hydrogen-bond donors (Lipinski definition) is 1. The number of sulfonamides is 1. The van der Waals surface area contributed by atoms with Gasteiger partial charge in [-0.05, 0) is 58.2 Å². The Kier molecular flexibility index (Phi) is 7.76. The van der Waals surface area contributed by atoms with Gasteiger partial charge in [-0.3, -0.25) is 4.79 Å². The van der Waals surface area contributed by atoms with Crippen LogP contribution in [0.4, 0.5) is 5.69 Å². The van der Waals surface area contributed by atoms with E-state index in [1.165, 1.54) is 6.07 Å². The lowest BCUT2D eigenvalue weighted by Gasteiger charge is -2.37. The maximum Gasteiger partial charge on any atom is 0.250 e. The summed E-state index contributed by atoms with van der Waals surface area (Å²) < 4.78 is 29.5. The average Bonchev–Trinajstić information content (AvgIpc) is 3.26. The van der Waals surface area contributed by atoms with Crippen LogP contribution in [0.25, 0.3) is 0 Å². The first-order valence-corrected chi connectivity index (χ1v) is 13.9. The maximum atomic E-state index is 13.5. The minimum atomic E-state index is -3.84. The van der Waals surface area contributed by atoms with Crippen LogP contribution < -0.4 is 9.62 Å². The Balaban J connectivity index is 1.49. The molecule has 1 aliphatic heterocycles. The van der Waals surface area contributed by atoms with Crippen molar-refractivity contribution in [3.05, 3.63) is 81.1 Å². The third-order valence-electron chi connectivity index (χ3n) is 5.46. The zero-order chi connectivity index (χ0) is 23.4. The second kappa shape index (κ2) is 10.6. The van der Waals surface area contributed by atoms with Crippen LogP contribution in [0.15, 0.2) is 74.7 Å². The Morgan fingerprint density at radius 2 is 1.76 bits per heavy atom. The van der Waals surface area contributed by atoms with Gasteiger partial charge in [0.15, 0.2) is 0 Å². The van der Waals surface area contributed by atoms with Gasteiger partial charge in [-0.15, -0.1) is 11.3 Å². The number of anilines is 1. The van der Waals surface area contributed by atoms with Gasteiger partial charge >= 0.3 is 0 Å². The third-order valence-corrected chi connectivity index (χ3v) is 9.28. The minimum absolute atomic E-state index is 0.172. The molecule has 10 heteroatoms. The molecule has 0 unspecified atom stereocenters. The summed E-state index contributed by atoms with van der Waals surface area (Å²) >= 11 is 10.5. The van der Waals surface area contributed by atoms with Crippen molar-refractivity contribution in [2.45, 2.75) is 16.7 Å². The summed E-state index contributed by atoms with van der Waals surface area (Å²) in [5, 5.41) is 0.670. The number of nitrogens with one attached hydrogen (secondary N) is 1. The molecule has 1 aromatic heterocycles. The first-order chi connectivity index (χ1) is 15.8. The smallest absolute Gasteiger partial charge is 0.250 e. The van der Waals surface area contributed by atoms with Crippen LogP contribution in [0, 0.1) is 0 Å². The number of halogens is 2. The molecule has 1 amide bonds. The van der Waals surface area contributed by atoms with E-state index in [0.717, 1.165) is 22.6 Å². The normalized spacial score (nSPS) is 15.5. The van der Waals surface area contributed by atoms with Crippen molar-refractivity contribution in [1.29, 1.82) is 0 Å². The quantitative estimate of drug-likeness (QED) is 0.459. The molecule has 2 heterocycles. The predicted molar refractivity (Wildman–Crippen MR) is 137 cm³/mol. The summed E-state index contributed by atoms with van der Waals surface area (Å²) in [4.78, 5) is 17.4. The van der Waals surface area contributed by atoms with E-state index in [1.54, 1.807) is 11.0 Å². The average molecular weight is 569 g/mol. The largest absolute Gasteiger partial charge is 0.368 e. The SMILES string of the molecule is O=C([C@H](Cc1ccccc1)NS(=O)(=O)c1ccc(Br)s1)N1CCN(c2cccc(Cl)c2)CC1. The highest BCUT2D eigenvalue weighted by Gasteiger charge is 2.32. The molecular formula is C23H23BrClN3O3S2. The number of rotatable bonds is 7. The number of benzene rings is 2. The number of amides is 1. The van der Waals surface area contributed by atoms with Crippen LogP contribution in [0.3, 0.4) is 0 Å². The Bertz CT molecular complexity index is 1210. The molecule has 1 saturated heterocycles. The van der Waals surface area contributed by atoms with E-state index in [1.807, 2.05) is 54.6 Å². The lowest BCUT2D eigenvalue weighted by Crippen LogP contribution is -2.55. The van der Waals surface area contributed by atoms with Crippen LogP contribution in [0.5, 0.6) is 0 Å². The zero-order valence-electron chi connectivity index (χ0n) is 17.7. The fourth-order valence-corrected chi connectivity index (χ4v) is 7.20. The molecule has 0 bridgehead atoms. The van der Waals surface area contributed by atoms with E-state index in [2.05, 4.69) is 25.6 Å². The Morgan fingerprint density at radius 3 is 2.39 bits per heavy atom. The zero-order valence-corrected chi connectivity index (χ0v) is 21.6. The van der Waals surface area contributed by atoms with Crippen molar-refractivity contribution < 1.29 is 13.2 Å². The molecule has 1 atom stereocenters. The molecule has 6 nitrogen and oxygen atoms in total.